The number of imide groups is 1. The van der Waals surface area contributed by atoms with E-state index in [1.54, 1.807) is 11.8 Å². The highest BCUT2D eigenvalue weighted by Gasteiger charge is 2.44. The number of hydrogen-bond donors (Lipinski definition) is 1. The molecule has 0 atom stereocenters. The molecule has 0 aromatic carbocycles. The van der Waals surface area contributed by atoms with E-state index in [4.69, 9.17) is 5.11 Å². The number of aliphatic carboxylic acids is 1. The quantitative estimate of drug-likeness (QED) is 0.555. The van der Waals surface area contributed by atoms with E-state index in [0.717, 1.165) is 18.6 Å². The summed E-state index contributed by atoms with van der Waals surface area (Å²) in [5.41, 5.74) is -0.0183. The number of rotatable bonds is 7. The van der Waals surface area contributed by atoms with Gasteiger partial charge in [0.2, 0.25) is 11.8 Å². The maximum atomic E-state index is 11.4. The molecular formula is C12H17NO4S. The molecule has 1 heterocycles. The zero-order valence-corrected chi connectivity index (χ0v) is 11.0. The average Bonchev–Trinajstić information content (AvgIpc) is 2.97. The summed E-state index contributed by atoms with van der Waals surface area (Å²) in [5.74, 6) is 0.631. The van der Waals surface area contributed by atoms with Gasteiger partial charge >= 0.3 is 5.97 Å². The summed E-state index contributed by atoms with van der Waals surface area (Å²) in [6, 6.07) is 0. The summed E-state index contributed by atoms with van der Waals surface area (Å²) < 4.78 is 0. The third-order valence-electron chi connectivity index (χ3n) is 3.51. The Labute approximate surface area is 110 Å². The van der Waals surface area contributed by atoms with Gasteiger partial charge in [-0.25, -0.2) is 0 Å². The fourth-order valence-electron chi connectivity index (χ4n) is 2.19. The number of amides is 2. The molecular weight excluding hydrogens is 254 g/mol. The summed E-state index contributed by atoms with van der Waals surface area (Å²) in [5, 5.41) is 8.78. The number of likely N-dealkylation sites (tertiary alicyclic amines) is 1. The Morgan fingerprint density at radius 3 is 2.39 bits per heavy atom. The maximum Gasteiger partial charge on any atom is 0.303 e. The standard InChI is InChI=1S/C12H17NO4S/c14-9-1-2-10(15)13(9)5-6-18-8-12(3-4-12)7-11(16)17/h1-8H2,(H,16,17). The minimum Gasteiger partial charge on any atom is -0.481 e. The minimum absolute atomic E-state index is 0.0183. The van der Waals surface area contributed by atoms with E-state index in [2.05, 4.69) is 0 Å². The van der Waals surface area contributed by atoms with Crippen LogP contribution < -0.4 is 0 Å². The lowest BCUT2D eigenvalue weighted by molar-refractivity contribution is -0.139. The van der Waals surface area contributed by atoms with Crippen molar-refractivity contribution in [1.29, 1.82) is 0 Å². The van der Waals surface area contributed by atoms with E-state index in [0.29, 0.717) is 25.1 Å². The highest BCUT2D eigenvalue weighted by Crippen LogP contribution is 2.50. The number of carbonyl (C=O) groups excluding carboxylic acids is 2. The summed E-state index contributed by atoms with van der Waals surface area (Å²) >= 11 is 1.65. The van der Waals surface area contributed by atoms with Gasteiger partial charge in [-0.2, -0.15) is 11.8 Å². The molecule has 2 amide bonds. The highest BCUT2D eigenvalue weighted by atomic mass is 32.2. The zero-order valence-electron chi connectivity index (χ0n) is 10.2. The second-order valence-corrected chi connectivity index (χ2v) is 6.17. The molecule has 2 aliphatic rings. The van der Waals surface area contributed by atoms with Crippen LogP contribution in [0.15, 0.2) is 0 Å². The van der Waals surface area contributed by atoms with Gasteiger partial charge in [-0.1, -0.05) is 0 Å². The van der Waals surface area contributed by atoms with Crippen LogP contribution in [0.1, 0.15) is 32.1 Å². The summed E-state index contributed by atoms with van der Waals surface area (Å²) in [4.78, 5) is 34.7. The average molecular weight is 271 g/mol. The second kappa shape index (κ2) is 5.30. The van der Waals surface area contributed by atoms with Gasteiger partial charge in [0.1, 0.15) is 0 Å². The lowest BCUT2D eigenvalue weighted by Gasteiger charge is -2.15. The molecule has 0 aromatic rings. The molecule has 1 aliphatic heterocycles. The monoisotopic (exact) mass is 271 g/mol. The van der Waals surface area contributed by atoms with Gasteiger partial charge in [0.25, 0.3) is 0 Å². The number of nitrogens with zero attached hydrogens (tertiary/aromatic N) is 1. The van der Waals surface area contributed by atoms with Crippen molar-refractivity contribution in [3.05, 3.63) is 0 Å². The molecule has 2 fully saturated rings. The van der Waals surface area contributed by atoms with E-state index in [1.807, 2.05) is 0 Å². The van der Waals surface area contributed by atoms with Crippen LogP contribution in [0.5, 0.6) is 0 Å². The van der Waals surface area contributed by atoms with Gasteiger partial charge in [-0.3, -0.25) is 19.3 Å². The molecule has 0 aromatic heterocycles. The largest absolute Gasteiger partial charge is 0.481 e. The third-order valence-corrected chi connectivity index (χ3v) is 4.79. The van der Waals surface area contributed by atoms with Crippen LogP contribution in [0.25, 0.3) is 0 Å². The normalized spacial score (nSPS) is 21.4. The summed E-state index contributed by atoms with van der Waals surface area (Å²) in [6.07, 6.45) is 2.88. The molecule has 1 aliphatic carbocycles. The van der Waals surface area contributed by atoms with Crippen LogP contribution in [0, 0.1) is 5.41 Å². The fraction of sp³-hybridized carbons (Fsp3) is 0.750. The molecule has 5 nitrogen and oxygen atoms in total. The SMILES string of the molecule is O=C(O)CC1(CSCCN2C(=O)CCC2=O)CC1. The second-order valence-electron chi connectivity index (χ2n) is 5.06. The van der Waals surface area contributed by atoms with Gasteiger partial charge in [-0.15, -0.1) is 0 Å². The van der Waals surface area contributed by atoms with Crippen molar-refractivity contribution in [1.82, 2.24) is 4.90 Å². The van der Waals surface area contributed by atoms with Crippen LogP contribution in [0.3, 0.4) is 0 Å². The summed E-state index contributed by atoms with van der Waals surface area (Å²) in [7, 11) is 0. The Bertz CT molecular complexity index is 362. The van der Waals surface area contributed by atoms with Crippen molar-refractivity contribution in [2.45, 2.75) is 32.1 Å². The van der Waals surface area contributed by atoms with Gasteiger partial charge in [-0.05, 0) is 24.0 Å². The zero-order chi connectivity index (χ0) is 13.2. The third kappa shape index (κ3) is 3.25. The van der Waals surface area contributed by atoms with Gasteiger partial charge in [0.15, 0.2) is 0 Å². The molecule has 1 N–H and O–H groups in total. The Hall–Kier alpha value is -1.04. The van der Waals surface area contributed by atoms with E-state index in [-0.39, 0.29) is 23.7 Å². The Balaban J connectivity index is 1.66. The lowest BCUT2D eigenvalue weighted by Crippen LogP contribution is -2.31. The van der Waals surface area contributed by atoms with Gasteiger partial charge < -0.3 is 5.11 Å². The number of hydrogen-bond acceptors (Lipinski definition) is 4. The van der Waals surface area contributed by atoms with Crippen molar-refractivity contribution < 1.29 is 19.5 Å². The lowest BCUT2D eigenvalue weighted by atomic mass is 10.1. The van der Waals surface area contributed by atoms with Crippen molar-refractivity contribution in [2.75, 3.05) is 18.1 Å². The number of carboxylic acids is 1. The number of carboxylic acid groups (broad SMARTS) is 1. The first-order valence-corrected chi connectivity index (χ1v) is 7.31. The summed E-state index contributed by atoms with van der Waals surface area (Å²) in [6.45, 7) is 0.464. The molecule has 1 saturated heterocycles. The van der Waals surface area contributed by atoms with Crippen molar-refractivity contribution in [3.63, 3.8) is 0 Å². The molecule has 18 heavy (non-hydrogen) atoms. The van der Waals surface area contributed by atoms with Crippen molar-refractivity contribution in [2.24, 2.45) is 5.41 Å². The van der Waals surface area contributed by atoms with E-state index in [9.17, 15) is 14.4 Å². The maximum absolute atomic E-state index is 11.4. The Morgan fingerprint density at radius 1 is 1.28 bits per heavy atom. The van der Waals surface area contributed by atoms with Crippen molar-refractivity contribution in [3.8, 4) is 0 Å². The predicted molar refractivity (Wildman–Crippen MR) is 67.2 cm³/mol. The predicted octanol–water partition coefficient (Wildman–Crippen LogP) is 1.12. The topological polar surface area (TPSA) is 74.7 Å². The van der Waals surface area contributed by atoms with Crippen molar-refractivity contribution >= 4 is 29.5 Å². The van der Waals surface area contributed by atoms with Crippen LogP contribution in [0.4, 0.5) is 0 Å². The van der Waals surface area contributed by atoms with Crippen LogP contribution in [0.2, 0.25) is 0 Å². The highest BCUT2D eigenvalue weighted by molar-refractivity contribution is 7.99. The number of carbonyl (C=O) groups is 3. The molecule has 1 saturated carbocycles. The van der Waals surface area contributed by atoms with E-state index >= 15 is 0 Å². The van der Waals surface area contributed by atoms with Crippen LogP contribution >= 0.6 is 11.8 Å². The van der Waals surface area contributed by atoms with Crippen LogP contribution in [-0.4, -0.2) is 45.8 Å². The molecule has 0 radical (unpaired) electrons. The minimum atomic E-state index is -0.738. The molecule has 6 heteroatoms. The van der Waals surface area contributed by atoms with Crippen LogP contribution in [-0.2, 0) is 14.4 Å². The first-order valence-electron chi connectivity index (χ1n) is 6.15. The smallest absolute Gasteiger partial charge is 0.303 e. The van der Waals surface area contributed by atoms with E-state index in [1.165, 1.54) is 4.90 Å². The number of thioether (sulfide) groups is 1. The Morgan fingerprint density at radius 2 is 1.89 bits per heavy atom. The first kappa shape index (κ1) is 13.4. The molecule has 100 valence electrons. The van der Waals surface area contributed by atoms with Gasteiger partial charge in [0, 0.05) is 25.1 Å². The molecule has 2 rings (SSSR count). The fourth-order valence-corrected chi connectivity index (χ4v) is 3.47. The van der Waals surface area contributed by atoms with E-state index < -0.39 is 5.97 Å². The molecule has 0 unspecified atom stereocenters. The van der Waals surface area contributed by atoms with Gasteiger partial charge in [0.05, 0.1) is 6.42 Å². The first-order chi connectivity index (χ1) is 8.52. The molecule has 0 spiro atoms. The molecule has 0 bridgehead atoms. The Kier molecular flexibility index (Phi) is 3.94.